The van der Waals surface area contributed by atoms with Crippen LogP contribution in [0, 0.1) is 0 Å². The van der Waals surface area contributed by atoms with Crippen molar-refractivity contribution in [1.82, 2.24) is 4.90 Å². The van der Waals surface area contributed by atoms with E-state index in [0.717, 1.165) is 16.9 Å². The minimum Gasteiger partial charge on any atom is -0.493 e. The number of halogens is 1. The Hall–Kier alpha value is -2.11. The van der Waals surface area contributed by atoms with Gasteiger partial charge >= 0.3 is 0 Å². The second kappa shape index (κ2) is 8.52. The van der Waals surface area contributed by atoms with Crippen molar-refractivity contribution in [2.45, 2.75) is 5.37 Å². The van der Waals surface area contributed by atoms with Gasteiger partial charge in [0.1, 0.15) is 5.37 Å². The largest absolute Gasteiger partial charge is 0.493 e. The molecule has 0 aromatic heterocycles. The topological polar surface area (TPSA) is 38.8 Å². The van der Waals surface area contributed by atoms with Crippen LogP contribution in [0.5, 0.6) is 11.5 Å². The van der Waals surface area contributed by atoms with Gasteiger partial charge in [-0.05, 0) is 41.5 Å². The first kappa shape index (κ1) is 18.7. The van der Waals surface area contributed by atoms with E-state index in [2.05, 4.69) is 0 Å². The molecule has 26 heavy (non-hydrogen) atoms. The fraction of sp³-hybridized carbons (Fsp3) is 0.250. The summed E-state index contributed by atoms with van der Waals surface area (Å²) in [6.45, 7) is 0.716. The summed E-state index contributed by atoms with van der Waals surface area (Å²) in [6.07, 6.45) is 3.43. The van der Waals surface area contributed by atoms with Crippen molar-refractivity contribution in [1.29, 1.82) is 0 Å². The number of carbonyl (C=O) groups excluding carboxylic acids is 1. The molecule has 1 fully saturated rings. The highest BCUT2D eigenvalue weighted by molar-refractivity contribution is 7.99. The number of hydrogen-bond acceptors (Lipinski definition) is 4. The molecule has 4 nitrogen and oxygen atoms in total. The summed E-state index contributed by atoms with van der Waals surface area (Å²) in [7, 11) is 3.22. The number of hydrogen-bond donors (Lipinski definition) is 0. The Labute approximate surface area is 162 Å². The molecule has 0 bridgehead atoms. The minimum absolute atomic E-state index is 0.00950. The van der Waals surface area contributed by atoms with Gasteiger partial charge in [-0.1, -0.05) is 29.8 Å². The monoisotopic (exact) mass is 389 g/mol. The van der Waals surface area contributed by atoms with Crippen LogP contribution in [0.25, 0.3) is 6.08 Å². The number of nitrogens with zero attached hydrogens (tertiary/aromatic N) is 1. The van der Waals surface area contributed by atoms with Crippen LogP contribution >= 0.6 is 23.4 Å². The van der Waals surface area contributed by atoms with E-state index in [4.69, 9.17) is 21.1 Å². The van der Waals surface area contributed by atoms with Gasteiger partial charge in [-0.3, -0.25) is 4.79 Å². The smallest absolute Gasteiger partial charge is 0.247 e. The Morgan fingerprint density at radius 1 is 1.15 bits per heavy atom. The zero-order chi connectivity index (χ0) is 18.5. The van der Waals surface area contributed by atoms with Crippen molar-refractivity contribution in [2.24, 2.45) is 0 Å². The maximum atomic E-state index is 12.7. The quantitative estimate of drug-likeness (QED) is 0.698. The average Bonchev–Trinajstić information content (AvgIpc) is 3.16. The molecule has 1 aliphatic heterocycles. The van der Waals surface area contributed by atoms with Gasteiger partial charge < -0.3 is 14.4 Å². The van der Waals surface area contributed by atoms with Gasteiger partial charge in [0.2, 0.25) is 5.91 Å². The van der Waals surface area contributed by atoms with Crippen LogP contribution in [-0.4, -0.2) is 37.3 Å². The Bertz CT molecular complexity index is 807. The molecule has 0 saturated carbocycles. The van der Waals surface area contributed by atoms with Gasteiger partial charge in [0, 0.05) is 23.4 Å². The molecule has 1 amide bonds. The normalized spacial score (nSPS) is 16.9. The molecule has 1 atom stereocenters. The van der Waals surface area contributed by atoms with Crippen LogP contribution < -0.4 is 9.47 Å². The summed E-state index contributed by atoms with van der Waals surface area (Å²) >= 11 is 7.64. The third kappa shape index (κ3) is 4.17. The Balaban J connectivity index is 1.77. The molecular formula is C20H20ClNO3S. The van der Waals surface area contributed by atoms with E-state index in [-0.39, 0.29) is 11.3 Å². The summed E-state index contributed by atoms with van der Waals surface area (Å²) in [4.78, 5) is 14.6. The third-order valence-electron chi connectivity index (χ3n) is 4.16. The van der Waals surface area contributed by atoms with Gasteiger partial charge in [-0.25, -0.2) is 0 Å². The zero-order valence-electron chi connectivity index (χ0n) is 14.6. The second-order valence-electron chi connectivity index (χ2n) is 5.75. The van der Waals surface area contributed by atoms with E-state index < -0.39 is 0 Å². The van der Waals surface area contributed by atoms with Crippen LogP contribution in [0.3, 0.4) is 0 Å². The number of ether oxygens (including phenoxy) is 2. The minimum atomic E-state index is -0.0304. The lowest BCUT2D eigenvalue weighted by atomic mass is 10.1. The van der Waals surface area contributed by atoms with Crippen LogP contribution in [0.15, 0.2) is 48.5 Å². The summed E-state index contributed by atoms with van der Waals surface area (Å²) < 4.78 is 10.7. The lowest BCUT2D eigenvalue weighted by Crippen LogP contribution is -2.28. The third-order valence-corrected chi connectivity index (χ3v) is 5.67. The zero-order valence-corrected chi connectivity index (χ0v) is 16.2. The predicted molar refractivity (Wildman–Crippen MR) is 107 cm³/mol. The highest BCUT2D eigenvalue weighted by Crippen LogP contribution is 2.41. The van der Waals surface area contributed by atoms with E-state index in [1.165, 1.54) is 0 Å². The Kier molecular flexibility index (Phi) is 6.12. The molecule has 6 heteroatoms. The summed E-state index contributed by atoms with van der Waals surface area (Å²) in [5, 5.41) is 0.648. The molecule has 0 radical (unpaired) electrons. The SMILES string of the molecule is COc1ccc(C2SCCN2C(=O)/C=C/c2ccc(Cl)cc2)cc1OC. The number of thioether (sulfide) groups is 1. The molecule has 136 valence electrons. The summed E-state index contributed by atoms with van der Waals surface area (Å²) in [5.41, 5.74) is 1.97. The van der Waals surface area contributed by atoms with E-state index in [0.29, 0.717) is 23.1 Å². The van der Waals surface area contributed by atoms with Gasteiger partial charge in [0.25, 0.3) is 0 Å². The molecule has 2 aromatic carbocycles. The first-order valence-corrected chi connectivity index (χ1v) is 9.63. The van der Waals surface area contributed by atoms with Gasteiger partial charge in [-0.15, -0.1) is 11.8 Å². The van der Waals surface area contributed by atoms with Gasteiger partial charge in [0.05, 0.1) is 14.2 Å². The van der Waals surface area contributed by atoms with Crippen LogP contribution in [-0.2, 0) is 4.79 Å². The van der Waals surface area contributed by atoms with Crippen LogP contribution in [0.1, 0.15) is 16.5 Å². The van der Waals surface area contributed by atoms with E-state index in [1.54, 1.807) is 32.1 Å². The lowest BCUT2D eigenvalue weighted by Gasteiger charge is -2.23. The highest BCUT2D eigenvalue weighted by atomic mass is 35.5. The Morgan fingerprint density at radius 2 is 1.88 bits per heavy atom. The van der Waals surface area contributed by atoms with Crippen molar-refractivity contribution in [3.05, 3.63) is 64.7 Å². The molecule has 3 rings (SSSR count). The van der Waals surface area contributed by atoms with Crippen molar-refractivity contribution in [2.75, 3.05) is 26.5 Å². The fourth-order valence-electron chi connectivity index (χ4n) is 2.82. The van der Waals surface area contributed by atoms with Gasteiger partial charge in [0.15, 0.2) is 11.5 Å². The number of methoxy groups -OCH3 is 2. The standard InChI is InChI=1S/C20H20ClNO3S/c1-24-17-9-6-15(13-18(17)25-2)20-22(11-12-26-20)19(23)10-5-14-3-7-16(21)8-4-14/h3-10,13,20H,11-12H2,1-2H3/b10-5+. The van der Waals surface area contributed by atoms with Crippen molar-refractivity contribution < 1.29 is 14.3 Å². The van der Waals surface area contributed by atoms with Crippen LogP contribution in [0.2, 0.25) is 5.02 Å². The molecular weight excluding hydrogens is 370 g/mol. The first-order chi connectivity index (χ1) is 12.6. The second-order valence-corrected chi connectivity index (χ2v) is 7.38. The molecule has 1 aliphatic rings. The van der Waals surface area contributed by atoms with Crippen molar-refractivity contribution in [3.63, 3.8) is 0 Å². The molecule has 0 aliphatic carbocycles. The molecule has 1 heterocycles. The maximum absolute atomic E-state index is 12.7. The maximum Gasteiger partial charge on any atom is 0.247 e. The Morgan fingerprint density at radius 3 is 2.58 bits per heavy atom. The lowest BCUT2D eigenvalue weighted by molar-refractivity contribution is -0.126. The molecule has 1 saturated heterocycles. The summed E-state index contributed by atoms with van der Waals surface area (Å²) in [5.74, 6) is 2.24. The summed E-state index contributed by atoms with van der Waals surface area (Å²) in [6, 6.07) is 13.2. The first-order valence-electron chi connectivity index (χ1n) is 8.20. The van der Waals surface area contributed by atoms with Crippen LogP contribution in [0.4, 0.5) is 0 Å². The van der Waals surface area contributed by atoms with E-state index in [9.17, 15) is 4.79 Å². The molecule has 0 N–H and O–H groups in total. The average molecular weight is 390 g/mol. The number of carbonyl (C=O) groups is 1. The number of benzene rings is 2. The predicted octanol–water partition coefficient (Wildman–Crippen LogP) is 4.64. The van der Waals surface area contributed by atoms with Crippen molar-refractivity contribution in [3.8, 4) is 11.5 Å². The highest BCUT2D eigenvalue weighted by Gasteiger charge is 2.30. The molecule has 2 aromatic rings. The number of rotatable bonds is 5. The number of amides is 1. The molecule has 0 spiro atoms. The van der Waals surface area contributed by atoms with Crippen molar-refractivity contribution >= 4 is 35.3 Å². The fourth-order valence-corrected chi connectivity index (χ4v) is 4.20. The van der Waals surface area contributed by atoms with E-state index >= 15 is 0 Å². The van der Waals surface area contributed by atoms with Gasteiger partial charge in [-0.2, -0.15) is 0 Å². The molecule has 1 unspecified atom stereocenters. The van der Waals surface area contributed by atoms with E-state index in [1.807, 2.05) is 53.4 Å².